The molecular weight excluding hydrogens is 459 g/mol. The zero-order chi connectivity index (χ0) is 23.4. The summed E-state index contributed by atoms with van der Waals surface area (Å²) < 4.78 is 5.96. The quantitative estimate of drug-likeness (QED) is 0.504. The van der Waals surface area contributed by atoms with Gasteiger partial charge in [-0.25, -0.2) is 0 Å². The van der Waals surface area contributed by atoms with Crippen LogP contribution in [0.1, 0.15) is 27.0 Å². The number of nitrogens with zero attached hydrogens (tertiary/aromatic N) is 2. The lowest BCUT2D eigenvalue weighted by Gasteiger charge is -2.20. The molecule has 168 valence electrons. The third kappa shape index (κ3) is 5.56. The van der Waals surface area contributed by atoms with E-state index >= 15 is 0 Å². The average Bonchev–Trinajstić information content (AvgIpc) is 2.97. The van der Waals surface area contributed by atoms with Gasteiger partial charge in [0.2, 0.25) is 0 Å². The van der Waals surface area contributed by atoms with Crippen molar-refractivity contribution in [3.05, 3.63) is 99.0 Å². The molecule has 1 heterocycles. The summed E-state index contributed by atoms with van der Waals surface area (Å²) in [6, 6.07) is 17.9. The predicted octanol–water partition coefficient (Wildman–Crippen LogP) is 4.89. The van der Waals surface area contributed by atoms with E-state index in [1.54, 1.807) is 18.2 Å². The monoisotopic (exact) mass is 479 g/mol. The number of benzene rings is 3. The van der Waals surface area contributed by atoms with Crippen molar-refractivity contribution in [2.24, 2.45) is 4.99 Å². The third-order valence-electron chi connectivity index (χ3n) is 5.35. The van der Waals surface area contributed by atoms with Crippen molar-refractivity contribution in [3.8, 4) is 5.75 Å². The number of carboxylic acid groups (broad SMARTS) is 1. The average molecular weight is 480 g/mol. The number of allylic oxidation sites excluding steroid dienone is 1. The lowest BCUT2D eigenvalue weighted by molar-refractivity contribution is -0.255. The van der Waals surface area contributed by atoms with Crippen molar-refractivity contribution < 1.29 is 14.6 Å². The number of carbonyl (C=O) groups excluding carboxylic acids is 1. The minimum Gasteiger partial charge on any atom is -0.545 e. The number of carboxylic acids is 1. The van der Waals surface area contributed by atoms with Crippen LogP contribution in [0, 0.1) is 0 Å². The van der Waals surface area contributed by atoms with Crippen molar-refractivity contribution in [3.63, 3.8) is 0 Å². The number of carbonyl (C=O) groups is 1. The van der Waals surface area contributed by atoms with E-state index in [1.165, 1.54) is 12.1 Å². The molecular formula is C26H21Cl2N2O3-. The van der Waals surface area contributed by atoms with Crippen molar-refractivity contribution in [1.29, 1.82) is 0 Å². The van der Waals surface area contributed by atoms with E-state index in [2.05, 4.69) is 4.90 Å². The Hall–Kier alpha value is -3.28. The van der Waals surface area contributed by atoms with Gasteiger partial charge in [-0.2, -0.15) is 0 Å². The first kappa shape index (κ1) is 22.9. The van der Waals surface area contributed by atoms with Gasteiger partial charge >= 0.3 is 0 Å². The molecule has 33 heavy (non-hydrogen) atoms. The number of rotatable bonds is 6. The first-order chi connectivity index (χ1) is 15.9. The second-order valence-corrected chi connectivity index (χ2v) is 8.46. The van der Waals surface area contributed by atoms with Crippen molar-refractivity contribution >= 4 is 46.6 Å². The van der Waals surface area contributed by atoms with Crippen LogP contribution < -0.4 is 14.7 Å². The number of halogens is 2. The van der Waals surface area contributed by atoms with Gasteiger partial charge < -0.3 is 19.5 Å². The molecule has 0 radical (unpaired) electrons. The highest BCUT2D eigenvalue weighted by atomic mass is 35.5. The fraction of sp³-hybridized carbons (Fsp3) is 0.154. The molecule has 0 aliphatic carbocycles. The molecule has 3 aromatic carbocycles. The Morgan fingerprint density at radius 1 is 1.06 bits per heavy atom. The number of likely N-dealkylation sites (N-methyl/N-ethyl adjacent to an activating group) is 1. The molecule has 1 aliphatic rings. The molecule has 0 atom stereocenters. The third-order valence-corrected chi connectivity index (χ3v) is 6.09. The molecule has 5 nitrogen and oxygen atoms in total. The number of hydrogen-bond donors (Lipinski definition) is 0. The summed E-state index contributed by atoms with van der Waals surface area (Å²) in [5.41, 5.74) is 4.87. The highest BCUT2D eigenvalue weighted by Crippen LogP contribution is 2.29. The maximum Gasteiger partial charge on any atom is 0.121 e. The molecule has 0 amide bonds. The second-order valence-electron chi connectivity index (χ2n) is 7.65. The highest BCUT2D eigenvalue weighted by molar-refractivity contribution is 6.42. The molecule has 0 saturated carbocycles. The van der Waals surface area contributed by atoms with Gasteiger partial charge in [-0.1, -0.05) is 59.6 Å². The molecule has 0 bridgehead atoms. The van der Waals surface area contributed by atoms with Crippen LogP contribution in [0.3, 0.4) is 0 Å². The van der Waals surface area contributed by atoms with Crippen molar-refractivity contribution in [2.75, 3.05) is 25.0 Å². The first-order valence-electron chi connectivity index (χ1n) is 10.4. The summed E-state index contributed by atoms with van der Waals surface area (Å²) in [6.45, 7) is 1.78. The summed E-state index contributed by atoms with van der Waals surface area (Å²) in [7, 11) is 2.03. The Morgan fingerprint density at radius 2 is 1.85 bits per heavy atom. The molecule has 7 heteroatoms. The Labute approximate surface area is 202 Å². The Kier molecular flexibility index (Phi) is 7.02. The molecule has 0 N–H and O–H groups in total. The second kappa shape index (κ2) is 10.1. The molecule has 0 aromatic heterocycles. The van der Waals surface area contributed by atoms with E-state index < -0.39 is 5.97 Å². The summed E-state index contributed by atoms with van der Waals surface area (Å²) >= 11 is 12.1. The maximum atomic E-state index is 10.9. The smallest absolute Gasteiger partial charge is 0.121 e. The van der Waals surface area contributed by atoms with Crippen molar-refractivity contribution in [1.82, 2.24) is 0 Å². The van der Waals surface area contributed by atoms with Gasteiger partial charge in [-0.05, 0) is 47.0 Å². The predicted molar refractivity (Wildman–Crippen MR) is 132 cm³/mol. The van der Waals surface area contributed by atoms with Gasteiger partial charge in [0.05, 0.1) is 28.3 Å². The fourth-order valence-corrected chi connectivity index (χ4v) is 3.80. The number of hydrogen-bond acceptors (Lipinski definition) is 5. The molecule has 0 unspecified atom stereocenters. The number of fused-ring (bicyclic) bond motifs is 1. The van der Waals surface area contributed by atoms with Gasteiger partial charge in [0.1, 0.15) is 12.4 Å². The van der Waals surface area contributed by atoms with Crippen molar-refractivity contribution in [2.45, 2.75) is 6.61 Å². The molecule has 1 aliphatic heterocycles. The van der Waals surface area contributed by atoms with Crippen LogP contribution in [0.15, 0.2) is 71.7 Å². The number of aromatic carboxylic acids is 1. The molecule has 0 fully saturated rings. The van der Waals surface area contributed by atoms with E-state index in [0.29, 0.717) is 23.2 Å². The minimum atomic E-state index is -1.19. The van der Waals surface area contributed by atoms with E-state index in [4.69, 9.17) is 32.9 Å². The number of benzodiazepines with no additional fused rings is 1. The van der Waals surface area contributed by atoms with Crippen LogP contribution in [0.25, 0.3) is 6.08 Å². The van der Waals surface area contributed by atoms with Crippen LogP contribution in [0.5, 0.6) is 5.75 Å². The highest BCUT2D eigenvalue weighted by Gasteiger charge is 2.16. The standard InChI is InChI=1S/C26H22Cl2N2O3/c1-30-13-12-29-24(11-5-17-4-10-22(27)23(28)14-17)21-9-8-20(15-25(21)30)33-16-18-2-6-19(7-3-18)26(31)32/h2-11,14-15H,12-13,16H2,1H3,(H,31,32)/p-1/b11-5+. The first-order valence-corrected chi connectivity index (χ1v) is 11.1. The van der Waals surface area contributed by atoms with E-state index in [9.17, 15) is 9.90 Å². The van der Waals surface area contributed by atoms with E-state index in [-0.39, 0.29) is 5.56 Å². The zero-order valence-electron chi connectivity index (χ0n) is 17.9. The number of aliphatic imine (C=N–C) groups is 1. The Morgan fingerprint density at radius 3 is 2.58 bits per heavy atom. The maximum absolute atomic E-state index is 10.9. The SMILES string of the molecule is CN1CCN=C(/C=C/c2ccc(Cl)c(Cl)c2)c2ccc(OCc3ccc(C(=O)[O-])cc3)cc21. The van der Waals surface area contributed by atoms with Crippen LogP contribution in [-0.2, 0) is 6.61 Å². The summed E-state index contributed by atoms with van der Waals surface area (Å²) in [4.78, 5) is 17.8. The van der Waals surface area contributed by atoms with Crippen LogP contribution >= 0.6 is 23.2 Å². The fourth-order valence-electron chi connectivity index (χ4n) is 3.50. The van der Waals surface area contributed by atoms with Gasteiger partial charge in [-0.3, -0.25) is 4.99 Å². The summed E-state index contributed by atoms with van der Waals surface area (Å²) in [5.74, 6) is -0.471. The van der Waals surface area contributed by atoms with Crippen LogP contribution in [-0.4, -0.2) is 31.8 Å². The van der Waals surface area contributed by atoms with E-state index in [0.717, 1.165) is 40.4 Å². The Balaban J connectivity index is 1.53. The van der Waals surface area contributed by atoms with Crippen LogP contribution in [0.2, 0.25) is 10.0 Å². The summed E-state index contributed by atoms with van der Waals surface area (Å²) in [6.07, 6.45) is 3.95. The van der Waals surface area contributed by atoms with Gasteiger partial charge in [-0.15, -0.1) is 0 Å². The molecule has 3 aromatic rings. The molecule has 4 rings (SSSR count). The Bertz CT molecular complexity index is 1240. The normalized spacial score (nSPS) is 13.4. The minimum absolute atomic E-state index is 0.145. The summed E-state index contributed by atoms with van der Waals surface area (Å²) in [5, 5.41) is 11.9. The largest absolute Gasteiger partial charge is 0.545 e. The van der Waals surface area contributed by atoms with Gasteiger partial charge in [0.15, 0.2) is 0 Å². The lowest BCUT2D eigenvalue weighted by Crippen LogP contribution is -2.22. The topological polar surface area (TPSA) is 65.0 Å². The molecule has 0 saturated heterocycles. The number of anilines is 1. The zero-order valence-corrected chi connectivity index (χ0v) is 19.4. The van der Waals surface area contributed by atoms with Gasteiger partial charge in [0.25, 0.3) is 0 Å². The van der Waals surface area contributed by atoms with Crippen LogP contribution in [0.4, 0.5) is 5.69 Å². The molecule has 0 spiro atoms. The lowest BCUT2D eigenvalue weighted by atomic mass is 10.0. The van der Waals surface area contributed by atoms with Gasteiger partial charge in [0, 0.05) is 30.9 Å². The van der Waals surface area contributed by atoms with E-state index in [1.807, 2.05) is 49.5 Å². The number of ether oxygens (including phenoxy) is 1.